The van der Waals surface area contributed by atoms with Gasteiger partial charge in [0.2, 0.25) is 0 Å². The first-order chi connectivity index (χ1) is 11.5. The lowest BCUT2D eigenvalue weighted by molar-refractivity contribution is 0.167. The van der Waals surface area contributed by atoms with E-state index in [0.717, 1.165) is 24.2 Å². The molecule has 2 aromatic rings. The number of nitrogens with zero attached hydrogens (tertiary/aromatic N) is 1. The van der Waals surface area contributed by atoms with E-state index in [1.54, 1.807) is 18.2 Å². The Labute approximate surface area is 141 Å². The Bertz CT molecular complexity index is 895. The zero-order valence-corrected chi connectivity index (χ0v) is 14.1. The predicted octanol–water partition coefficient (Wildman–Crippen LogP) is 2.20. The monoisotopic (exact) mass is 346 g/mol. The Kier molecular flexibility index (Phi) is 3.62. The predicted molar refractivity (Wildman–Crippen MR) is 89.9 cm³/mol. The summed E-state index contributed by atoms with van der Waals surface area (Å²) in [6, 6.07) is 10.6. The van der Waals surface area contributed by atoms with E-state index >= 15 is 0 Å². The highest BCUT2D eigenvalue weighted by atomic mass is 32.2. The van der Waals surface area contributed by atoms with Gasteiger partial charge in [0.25, 0.3) is 10.0 Å². The number of hydrogen-bond acceptors (Lipinski definition) is 5. The minimum atomic E-state index is -3.77. The number of rotatable bonds is 3. The van der Waals surface area contributed by atoms with Crippen LogP contribution in [-0.2, 0) is 23.1 Å². The lowest BCUT2D eigenvalue weighted by Gasteiger charge is -2.21. The molecule has 7 heteroatoms. The molecule has 1 N–H and O–H groups in total. The second kappa shape index (κ2) is 5.68. The van der Waals surface area contributed by atoms with E-state index < -0.39 is 10.0 Å². The van der Waals surface area contributed by atoms with Crippen molar-refractivity contribution >= 4 is 15.7 Å². The third-order valence-corrected chi connectivity index (χ3v) is 5.59. The highest BCUT2D eigenvalue weighted by Crippen LogP contribution is 2.38. The molecule has 126 valence electrons. The van der Waals surface area contributed by atoms with Gasteiger partial charge in [-0.05, 0) is 36.4 Å². The average Bonchev–Trinajstić information content (AvgIpc) is 2.95. The second-order valence-corrected chi connectivity index (χ2v) is 7.65. The van der Waals surface area contributed by atoms with E-state index in [0.29, 0.717) is 24.7 Å². The Hall–Kier alpha value is -2.25. The molecule has 2 aliphatic heterocycles. The molecular formula is C17H18N2O4S. The van der Waals surface area contributed by atoms with Crippen molar-refractivity contribution in [1.82, 2.24) is 4.90 Å². The fourth-order valence-corrected chi connectivity index (χ4v) is 4.39. The van der Waals surface area contributed by atoms with Crippen LogP contribution >= 0.6 is 0 Å². The van der Waals surface area contributed by atoms with E-state index in [9.17, 15) is 8.42 Å². The smallest absolute Gasteiger partial charge is 0.265 e. The van der Waals surface area contributed by atoms with Gasteiger partial charge in [0.1, 0.15) is 18.1 Å². The summed E-state index contributed by atoms with van der Waals surface area (Å²) >= 11 is 0. The molecule has 6 nitrogen and oxygen atoms in total. The number of benzene rings is 2. The van der Waals surface area contributed by atoms with Crippen molar-refractivity contribution in [3.05, 3.63) is 47.5 Å². The van der Waals surface area contributed by atoms with Gasteiger partial charge in [-0.2, -0.15) is 0 Å². The van der Waals surface area contributed by atoms with Gasteiger partial charge in [0.15, 0.2) is 11.5 Å². The molecule has 2 aliphatic rings. The zero-order valence-electron chi connectivity index (χ0n) is 13.3. The molecule has 0 aliphatic carbocycles. The number of para-hydroxylation sites is 1. The standard InChI is InChI=1S/C17H18N2O4S/c1-19-10-12-4-2-5-14(13(12)11-19)18-24(20,21)16-7-3-6-15-17(16)23-9-8-22-15/h2-7,18H,8-11H2,1H3. The number of anilines is 1. The number of hydrogen-bond donors (Lipinski definition) is 1. The fraction of sp³-hybridized carbons (Fsp3) is 0.294. The van der Waals surface area contributed by atoms with Crippen molar-refractivity contribution in [2.24, 2.45) is 0 Å². The first-order valence-corrected chi connectivity index (χ1v) is 9.24. The van der Waals surface area contributed by atoms with Gasteiger partial charge in [0.05, 0.1) is 5.69 Å². The van der Waals surface area contributed by atoms with E-state index in [1.165, 1.54) is 6.07 Å². The van der Waals surface area contributed by atoms with Crippen LogP contribution < -0.4 is 14.2 Å². The third-order valence-electron chi connectivity index (χ3n) is 4.21. The van der Waals surface area contributed by atoms with Crippen LogP contribution in [0.5, 0.6) is 11.5 Å². The van der Waals surface area contributed by atoms with Crippen LogP contribution in [0.1, 0.15) is 11.1 Å². The molecule has 2 heterocycles. The van der Waals surface area contributed by atoms with Crippen LogP contribution in [0.25, 0.3) is 0 Å². The van der Waals surface area contributed by atoms with Crippen LogP contribution in [0.2, 0.25) is 0 Å². The molecule has 24 heavy (non-hydrogen) atoms. The van der Waals surface area contributed by atoms with Crippen LogP contribution in [0.3, 0.4) is 0 Å². The Morgan fingerprint density at radius 3 is 2.71 bits per heavy atom. The summed E-state index contributed by atoms with van der Waals surface area (Å²) in [5.74, 6) is 0.739. The van der Waals surface area contributed by atoms with Gasteiger partial charge in [0, 0.05) is 13.1 Å². The van der Waals surface area contributed by atoms with Crippen molar-refractivity contribution in [2.45, 2.75) is 18.0 Å². The molecule has 0 saturated carbocycles. The quantitative estimate of drug-likeness (QED) is 0.923. The molecule has 0 aromatic heterocycles. The average molecular weight is 346 g/mol. The van der Waals surface area contributed by atoms with Crippen LogP contribution in [0.15, 0.2) is 41.3 Å². The second-order valence-electron chi connectivity index (χ2n) is 6.00. The van der Waals surface area contributed by atoms with Crippen molar-refractivity contribution in [3.63, 3.8) is 0 Å². The summed E-state index contributed by atoms with van der Waals surface area (Å²) in [6.07, 6.45) is 0. The molecule has 0 unspecified atom stereocenters. The third kappa shape index (κ3) is 2.59. The molecule has 0 spiro atoms. The number of sulfonamides is 1. The zero-order chi connectivity index (χ0) is 16.7. The van der Waals surface area contributed by atoms with Gasteiger partial charge in [-0.25, -0.2) is 8.42 Å². The molecule has 0 radical (unpaired) electrons. The summed E-state index contributed by atoms with van der Waals surface area (Å²) < 4.78 is 39.5. The largest absolute Gasteiger partial charge is 0.486 e. The normalized spacial score (nSPS) is 16.7. The Morgan fingerprint density at radius 1 is 1.04 bits per heavy atom. The van der Waals surface area contributed by atoms with Crippen molar-refractivity contribution < 1.29 is 17.9 Å². The lowest BCUT2D eigenvalue weighted by Crippen LogP contribution is -2.20. The van der Waals surface area contributed by atoms with Gasteiger partial charge in [-0.1, -0.05) is 18.2 Å². The van der Waals surface area contributed by atoms with E-state index in [4.69, 9.17) is 9.47 Å². The van der Waals surface area contributed by atoms with Gasteiger partial charge < -0.3 is 9.47 Å². The Balaban J connectivity index is 1.72. The molecule has 0 amide bonds. The lowest BCUT2D eigenvalue weighted by atomic mass is 10.1. The first kappa shape index (κ1) is 15.3. The SMILES string of the molecule is CN1Cc2cccc(NS(=O)(=O)c3cccc4c3OCCO4)c2C1. The summed E-state index contributed by atoms with van der Waals surface area (Å²) in [7, 11) is -1.76. The van der Waals surface area contributed by atoms with Gasteiger partial charge in [-0.15, -0.1) is 0 Å². The molecule has 2 aromatic carbocycles. The van der Waals surface area contributed by atoms with Crippen molar-refractivity contribution in [1.29, 1.82) is 0 Å². The summed E-state index contributed by atoms with van der Waals surface area (Å²) in [5.41, 5.74) is 2.78. The first-order valence-electron chi connectivity index (χ1n) is 7.75. The summed E-state index contributed by atoms with van der Waals surface area (Å²) in [4.78, 5) is 2.24. The minimum absolute atomic E-state index is 0.101. The van der Waals surface area contributed by atoms with Crippen LogP contribution in [0.4, 0.5) is 5.69 Å². The maximum absolute atomic E-state index is 12.9. The van der Waals surface area contributed by atoms with E-state index in [1.807, 2.05) is 19.2 Å². The maximum atomic E-state index is 12.9. The number of ether oxygens (including phenoxy) is 2. The molecule has 0 bridgehead atoms. The molecular weight excluding hydrogens is 328 g/mol. The highest BCUT2D eigenvalue weighted by Gasteiger charge is 2.27. The Morgan fingerprint density at radius 2 is 1.83 bits per heavy atom. The van der Waals surface area contributed by atoms with Crippen molar-refractivity contribution in [3.8, 4) is 11.5 Å². The highest BCUT2D eigenvalue weighted by molar-refractivity contribution is 7.92. The number of nitrogens with one attached hydrogen (secondary N) is 1. The van der Waals surface area contributed by atoms with E-state index in [2.05, 4.69) is 9.62 Å². The minimum Gasteiger partial charge on any atom is -0.486 e. The molecule has 4 rings (SSSR count). The maximum Gasteiger partial charge on any atom is 0.265 e. The molecule has 0 saturated heterocycles. The molecule has 0 atom stereocenters. The van der Waals surface area contributed by atoms with Gasteiger partial charge >= 0.3 is 0 Å². The topological polar surface area (TPSA) is 67.9 Å². The van der Waals surface area contributed by atoms with Crippen molar-refractivity contribution in [2.75, 3.05) is 25.0 Å². The van der Waals surface area contributed by atoms with Crippen LogP contribution in [0, 0.1) is 0 Å². The number of fused-ring (bicyclic) bond motifs is 2. The van der Waals surface area contributed by atoms with Crippen LogP contribution in [-0.4, -0.2) is 33.6 Å². The summed E-state index contributed by atoms with van der Waals surface area (Å²) in [5, 5.41) is 0. The summed E-state index contributed by atoms with van der Waals surface area (Å²) in [6.45, 7) is 2.30. The van der Waals surface area contributed by atoms with E-state index in [-0.39, 0.29) is 10.6 Å². The fourth-order valence-electron chi connectivity index (χ4n) is 3.14. The molecule has 0 fully saturated rings. The van der Waals surface area contributed by atoms with Gasteiger partial charge in [-0.3, -0.25) is 9.62 Å².